The minimum absolute atomic E-state index is 0.0653. The molecule has 0 saturated heterocycles. The lowest BCUT2D eigenvalue weighted by Gasteiger charge is -2.05. The molecule has 0 fully saturated rings. The molecule has 2 aromatic rings. The Balaban J connectivity index is 1.82. The number of nitrogens with zero attached hydrogens (tertiary/aromatic N) is 2. The topological polar surface area (TPSA) is 91.0 Å². The maximum Gasteiger partial charge on any atom is 0.363 e. The lowest BCUT2D eigenvalue weighted by atomic mass is 10.2. The summed E-state index contributed by atoms with van der Waals surface area (Å²) in [6.07, 6.45) is 3.60. The lowest BCUT2D eigenvalue weighted by Crippen LogP contribution is -2.06. The zero-order valence-corrected chi connectivity index (χ0v) is 15.8. The van der Waals surface area contributed by atoms with E-state index >= 15 is 0 Å². The summed E-state index contributed by atoms with van der Waals surface area (Å²) >= 11 is 6.08. The van der Waals surface area contributed by atoms with E-state index in [-0.39, 0.29) is 27.9 Å². The van der Waals surface area contributed by atoms with Crippen LogP contribution in [0.25, 0.3) is 6.08 Å². The van der Waals surface area contributed by atoms with Gasteiger partial charge in [-0.05, 0) is 36.3 Å². The number of nitro benzene ring substituents is 1. The van der Waals surface area contributed by atoms with Crippen LogP contribution >= 0.6 is 11.6 Å². The third-order valence-electron chi connectivity index (χ3n) is 3.96. The Bertz CT molecular complexity index is 967. The summed E-state index contributed by atoms with van der Waals surface area (Å²) in [6.45, 7) is 2.75. The molecular formula is C20H17ClN2O5. The molecular weight excluding hydrogens is 384 g/mol. The molecule has 1 heterocycles. The van der Waals surface area contributed by atoms with Crippen LogP contribution < -0.4 is 4.74 Å². The van der Waals surface area contributed by atoms with Gasteiger partial charge in [0.2, 0.25) is 5.90 Å². The first kappa shape index (κ1) is 19.6. The van der Waals surface area contributed by atoms with Crippen LogP contribution in [0, 0.1) is 10.1 Å². The molecule has 0 unspecified atom stereocenters. The van der Waals surface area contributed by atoms with Crippen LogP contribution in [0.2, 0.25) is 5.02 Å². The van der Waals surface area contributed by atoms with Crippen LogP contribution in [0.4, 0.5) is 5.69 Å². The third kappa shape index (κ3) is 4.55. The van der Waals surface area contributed by atoms with E-state index in [0.717, 1.165) is 24.2 Å². The molecule has 7 nitrogen and oxygen atoms in total. The molecule has 1 aliphatic heterocycles. The van der Waals surface area contributed by atoms with E-state index < -0.39 is 10.9 Å². The largest absolute Gasteiger partial charge is 0.494 e. The fourth-order valence-corrected chi connectivity index (χ4v) is 2.67. The van der Waals surface area contributed by atoms with E-state index in [1.165, 1.54) is 18.2 Å². The summed E-state index contributed by atoms with van der Waals surface area (Å²) in [7, 11) is 0. The number of nitro groups is 1. The van der Waals surface area contributed by atoms with Crippen molar-refractivity contribution in [2.75, 3.05) is 6.61 Å². The zero-order valence-electron chi connectivity index (χ0n) is 15.1. The maximum absolute atomic E-state index is 12.1. The Morgan fingerprint density at radius 3 is 2.68 bits per heavy atom. The smallest absolute Gasteiger partial charge is 0.363 e. The highest BCUT2D eigenvalue weighted by Gasteiger charge is 2.27. The van der Waals surface area contributed by atoms with Gasteiger partial charge in [0.1, 0.15) is 5.75 Å². The van der Waals surface area contributed by atoms with Crippen molar-refractivity contribution < 1.29 is 19.2 Å². The number of hydrogen-bond donors (Lipinski definition) is 0. The van der Waals surface area contributed by atoms with Crippen molar-refractivity contribution in [1.29, 1.82) is 0 Å². The molecule has 0 spiro atoms. The van der Waals surface area contributed by atoms with Crippen molar-refractivity contribution in [2.24, 2.45) is 4.99 Å². The number of aliphatic imine (C=N–C) groups is 1. The molecule has 3 rings (SSSR count). The molecule has 144 valence electrons. The summed E-state index contributed by atoms with van der Waals surface area (Å²) < 4.78 is 10.7. The average molecular weight is 401 g/mol. The maximum atomic E-state index is 12.1. The van der Waals surface area contributed by atoms with Gasteiger partial charge < -0.3 is 9.47 Å². The zero-order chi connectivity index (χ0) is 20.1. The number of halogens is 1. The fraction of sp³-hybridized carbons (Fsp3) is 0.200. The number of rotatable bonds is 7. The molecule has 8 heteroatoms. The SMILES string of the molecule is CCCCOc1ccc(C=C2N=C(c3cc([N+](=O)[O-])ccc3Cl)OC2=O)cc1. The van der Waals surface area contributed by atoms with Gasteiger partial charge in [-0.25, -0.2) is 9.79 Å². The van der Waals surface area contributed by atoms with Gasteiger partial charge in [-0.2, -0.15) is 0 Å². The molecule has 0 aliphatic carbocycles. The molecule has 0 aromatic heterocycles. The number of carbonyl (C=O) groups excluding carboxylic acids is 1. The molecule has 0 radical (unpaired) electrons. The standard InChI is InChI=1S/C20H17ClN2O5/c1-2-3-10-27-15-7-4-13(5-8-15)11-18-20(24)28-19(22-18)16-12-14(23(25)26)6-9-17(16)21/h4-9,11-12H,2-3,10H2,1H3. The molecule has 0 bridgehead atoms. The molecule has 0 saturated carbocycles. The number of unbranched alkanes of at least 4 members (excludes halogenated alkanes) is 1. The second-order valence-corrected chi connectivity index (χ2v) is 6.44. The first-order valence-corrected chi connectivity index (χ1v) is 9.05. The number of benzene rings is 2. The van der Waals surface area contributed by atoms with Gasteiger partial charge in [-0.1, -0.05) is 37.1 Å². The molecule has 0 atom stereocenters. The Morgan fingerprint density at radius 2 is 2.00 bits per heavy atom. The number of cyclic esters (lactones) is 1. The second-order valence-electron chi connectivity index (χ2n) is 6.03. The van der Waals surface area contributed by atoms with Gasteiger partial charge in [-0.15, -0.1) is 0 Å². The van der Waals surface area contributed by atoms with Crippen LogP contribution in [0.3, 0.4) is 0 Å². The van der Waals surface area contributed by atoms with Crippen molar-refractivity contribution in [3.8, 4) is 5.75 Å². The summed E-state index contributed by atoms with van der Waals surface area (Å²) in [4.78, 5) is 26.7. The van der Waals surface area contributed by atoms with Crippen LogP contribution in [-0.4, -0.2) is 23.4 Å². The minimum Gasteiger partial charge on any atom is -0.494 e. The lowest BCUT2D eigenvalue weighted by molar-refractivity contribution is -0.384. The summed E-state index contributed by atoms with van der Waals surface area (Å²) in [5.74, 6) is 0.0301. The number of esters is 1. The Morgan fingerprint density at radius 1 is 1.25 bits per heavy atom. The number of ether oxygens (including phenoxy) is 2. The van der Waals surface area contributed by atoms with Gasteiger partial charge in [0.15, 0.2) is 5.70 Å². The summed E-state index contributed by atoms with van der Waals surface area (Å²) in [6, 6.07) is 11.1. The quantitative estimate of drug-likeness (QED) is 0.219. The van der Waals surface area contributed by atoms with Crippen molar-refractivity contribution in [3.05, 3.63) is 74.4 Å². The van der Waals surface area contributed by atoms with E-state index in [4.69, 9.17) is 21.1 Å². The van der Waals surface area contributed by atoms with Gasteiger partial charge in [0.05, 0.1) is 22.1 Å². The van der Waals surface area contributed by atoms with Crippen LogP contribution in [0.5, 0.6) is 5.75 Å². The minimum atomic E-state index is -0.652. The predicted molar refractivity (Wildman–Crippen MR) is 106 cm³/mol. The molecule has 1 aliphatic rings. The fourth-order valence-electron chi connectivity index (χ4n) is 2.47. The van der Waals surface area contributed by atoms with Crippen molar-refractivity contribution in [3.63, 3.8) is 0 Å². The molecule has 0 N–H and O–H groups in total. The van der Waals surface area contributed by atoms with Gasteiger partial charge in [0.25, 0.3) is 5.69 Å². The van der Waals surface area contributed by atoms with E-state index in [0.29, 0.717) is 6.61 Å². The number of hydrogen-bond acceptors (Lipinski definition) is 6. The van der Waals surface area contributed by atoms with Gasteiger partial charge in [-0.3, -0.25) is 10.1 Å². The van der Waals surface area contributed by atoms with E-state index in [1.54, 1.807) is 18.2 Å². The normalized spacial score (nSPS) is 14.7. The molecule has 2 aromatic carbocycles. The van der Waals surface area contributed by atoms with E-state index in [9.17, 15) is 14.9 Å². The van der Waals surface area contributed by atoms with Gasteiger partial charge in [0, 0.05) is 12.1 Å². The molecule has 0 amide bonds. The third-order valence-corrected chi connectivity index (χ3v) is 4.29. The molecule has 28 heavy (non-hydrogen) atoms. The van der Waals surface area contributed by atoms with E-state index in [1.807, 2.05) is 12.1 Å². The first-order chi connectivity index (χ1) is 13.5. The van der Waals surface area contributed by atoms with Crippen LogP contribution in [0.15, 0.2) is 53.2 Å². The van der Waals surface area contributed by atoms with Crippen molar-refractivity contribution in [2.45, 2.75) is 19.8 Å². The average Bonchev–Trinajstić information content (AvgIpc) is 3.03. The summed E-state index contributed by atoms with van der Waals surface area (Å²) in [5.41, 5.74) is 0.837. The Kier molecular flexibility index (Phi) is 6.06. The van der Waals surface area contributed by atoms with Crippen molar-refractivity contribution in [1.82, 2.24) is 0 Å². The highest BCUT2D eigenvalue weighted by atomic mass is 35.5. The number of non-ortho nitro benzene ring substituents is 1. The second kappa shape index (κ2) is 8.67. The Labute approximate surface area is 166 Å². The monoisotopic (exact) mass is 400 g/mol. The van der Waals surface area contributed by atoms with Crippen LogP contribution in [-0.2, 0) is 9.53 Å². The number of carbonyl (C=O) groups is 1. The Hall–Kier alpha value is -3.19. The highest BCUT2D eigenvalue weighted by molar-refractivity contribution is 6.34. The van der Waals surface area contributed by atoms with Gasteiger partial charge >= 0.3 is 5.97 Å². The summed E-state index contributed by atoms with van der Waals surface area (Å²) in [5, 5.41) is 11.2. The van der Waals surface area contributed by atoms with E-state index in [2.05, 4.69) is 11.9 Å². The predicted octanol–water partition coefficient (Wildman–Crippen LogP) is 4.77. The van der Waals surface area contributed by atoms with Crippen LogP contribution in [0.1, 0.15) is 30.9 Å². The highest BCUT2D eigenvalue weighted by Crippen LogP contribution is 2.27. The van der Waals surface area contributed by atoms with Crippen molar-refractivity contribution >= 4 is 35.2 Å². The first-order valence-electron chi connectivity index (χ1n) is 8.67.